The second-order valence-corrected chi connectivity index (χ2v) is 8.82. The molecule has 2 unspecified atom stereocenters. The molecule has 0 bridgehead atoms. The third kappa shape index (κ3) is 5.99. The largest absolute Gasteiger partial charge is 0.573 e. The van der Waals surface area contributed by atoms with E-state index in [1.165, 1.54) is 12.1 Å². The van der Waals surface area contributed by atoms with Crippen molar-refractivity contribution in [2.45, 2.75) is 37.7 Å². The Hall–Kier alpha value is -3.72. The van der Waals surface area contributed by atoms with Crippen LogP contribution in [-0.4, -0.2) is 37.9 Å². The van der Waals surface area contributed by atoms with Gasteiger partial charge in [-0.05, 0) is 59.7 Å². The van der Waals surface area contributed by atoms with E-state index in [0.29, 0.717) is 36.4 Å². The fourth-order valence-electron chi connectivity index (χ4n) is 5.06. The number of primary amides is 1. The SMILES string of the molecule is COc1cc2c(cc1OC)C(CCc1ccccc1OC(F)(F)F)N(C(C(N)=O)c1ccccc1)CC2. The average Bonchev–Trinajstić information content (AvgIpc) is 2.87. The van der Waals surface area contributed by atoms with E-state index >= 15 is 0 Å². The summed E-state index contributed by atoms with van der Waals surface area (Å²) in [6.45, 7) is 0.524. The zero-order valence-corrected chi connectivity index (χ0v) is 20.6. The number of amides is 1. The number of carbonyl (C=O) groups excluding carboxylic acids is 1. The van der Waals surface area contributed by atoms with E-state index in [-0.39, 0.29) is 18.2 Å². The highest BCUT2D eigenvalue weighted by Crippen LogP contribution is 2.43. The van der Waals surface area contributed by atoms with Crippen LogP contribution >= 0.6 is 0 Å². The molecule has 1 heterocycles. The van der Waals surface area contributed by atoms with Crippen molar-refractivity contribution >= 4 is 5.91 Å². The second-order valence-electron chi connectivity index (χ2n) is 8.82. The fourth-order valence-corrected chi connectivity index (χ4v) is 5.06. The highest BCUT2D eigenvalue weighted by Gasteiger charge is 2.37. The maximum Gasteiger partial charge on any atom is 0.573 e. The number of nitrogens with zero attached hydrogens (tertiary/aromatic N) is 1. The molecule has 37 heavy (non-hydrogen) atoms. The number of methoxy groups -OCH3 is 2. The van der Waals surface area contributed by atoms with Gasteiger partial charge in [0.05, 0.1) is 14.2 Å². The molecule has 2 N–H and O–H groups in total. The monoisotopic (exact) mass is 514 g/mol. The number of alkyl halides is 3. The lowest BCUT2D eigenvalue weighted by Gasteiger charge is -2.41. The lowest BCUT2D eigenvalue weighted by atomic mass is 9.86. The number of hydrogen-bond acceptors (Lipinski definition) is 5. The van der Waals surface area contributed by atoms with Crippen LogP contribution in [0.15, 0.2) is 66.7 Å². The summed E-state index contributed by atoms with van der Waals surface area (Å²) in [5, 5.41) is 0. The van der Waals surface area contributed by atoms with Gasteiger partial charge in [-0.15, -0.1) is 13.2 Å². The van der Waals surface area contributed by atoms with Crippen LogP contribution in [-0.2, 0) is 17.6 Å². The zero-order valence-electron chi connectivity index (χ0n) is 20.6. The average molecular weight is 515 g/mol. The summed E-state index contributed by atoms with van der Waals surface area (Å²) in [7, 11) is 3.10. The topological polar surface area (TPSA) is 74.0 Å². The molecule has 0 spiro atoms. The molecule has 1 amide bonds. The normalized spacial score (nSPS) is 16.5. The Morgan fingerprint density at radius 2 is 1.65 bits per heavy atom. The van der Waals surface area contributed by atoms with Crippen molar-refractivity contribution in [3.05, 3.63) is 89.0 Å². The highest BCUT2D eigenvalue weighted by molar-refractivity contribution is 5.81. The molecule has 1 aliphatic rings. The van der Waals surface area contributed by atoms with Crippen molar-refractivity contribution in [3.63, 3.8) is 0 Å². The van der Waals surface area contributed by atoms with Crippen molar-refractivity contribution in [3.8, 4) is 17.2 Å². The summed E-state index contributed by atoms with van der Waals surface area (Å²) >= 11 is 0. The first-order valence-electron chi connectivity index (χ1n) is 11.9. The summed E-state index contributed by atoms with van der Waals surface area (Å²) in [5.74, 6) is 0.386. The minimum atomic E-state index is -4.80. The molecule has 3 aromatic rings. The number of benzene rings is 3. The number of halogens is 3. The molecule has 9 heteroatoms. The molecule has 0 saturated heterocycles. The quantitative estimate of drug-likeness (QED) is 0.416. The van der Waals surface area contributed by atoms with E-state index in [4.69, 9.17) is 15.2 Å². The van der Waals surface area contributed by atoms with Crippen molar-refractivity contribution in [2.75, 3.05) is 20.8 Å². The Morgan fingerprint density at radius 3 is 2.30 bits per heavy atom. The Bertz CT molecular complexity index is 1230. The first-order chi connectivity index (χ1) is 17.7. The van der Waals surface area contributed by atoms with Gasteiger partial charge in [-0.25, -0.2) is 0 Å². The van der Waals surface area contributed by atoms with E-state index in [2.05, 4.69) is 4.74 Å². The summed E-state index contributed by atoms with van der Waals surface area (Å²) in [6.07, 6.45) is -3.47. The number of fused-ring (bicyclic) bond motifs is 1. The fraction of sp³-hybridized carbons (Fsp3) is 0.321. The summed E-state index contributed by atoms with van der Waals surface area (Å²) in [5.41, 5.74) is 9.03. The molecular weight excluding hydrogens is 485 g/mol. The third-order valence-electron chi connectivity index (χ3n) is 6.65. The third-order valence-corrected chi connectivity index (χ3v) is 6.65. The van der Waals surface area contributed by atoms with Crippen LogP contribution in [0.3, 0.4) is 0 Å². The molecule has 2 atom stereocenters. The maximum atomic E-state index is 13.0. The highest BCUT2D eigenvalue weighted by atomic mass is 19.4. The van der Waals surface area contributed by atoms with Gasteiger partial charge in [0.2, 0.25) is 5.91 Å². The molecule has 3 aromatic carbocycles. The molecule has 0 fully saturated rings. The van der Waals surface area contributed by atoms with Gasteiger partial charge in [0.15, 0.2) is 11.5 Å². The lowest BCUT2D eigenvalue weighted by molar-refractivity contribution is -0.274. The summed E-state index contributed by atoms with van der Waals surface area (Å²) in [4.78, 5) is 14.8. The van der Waals surface area contributed by atoms with Crippen LogP contribution in [0.1, 0.15) is 40.8 Å². The van der Waals surface area contributed by atoms with E-state index in [1.807, 2.05) is 47.4 Å². The van der Waals surface area contributed by atoms with Gasteiger partial charge in [-0.1, -0.05) is 48.5 Å². The molecular formula is C28H29F3N2O4. The molecule has 0 aliphatic carbocycles. The Balaban J connectivity index is 1.75. The lowest BCUT2D eigenvalue weighted by Crippen LogP contribution is -2.44. The van der Waals surface area contributed by atoms with Crippen molar-refractivity contribution < 1.29 is 32.2 Å². The van der Waals surface area contributed by atoms with Crippen LogP contribution in [0, 0.1) is 0 Å². The Labute approximate surface area is 213 Å². The van der Waals surface area contributed by atoms with Gasteiger partial charge in [-0.3, -0.25) is 9.69 Å². The van der Waals surface area contributed by atoms with E-state index < -0.39 is 18.3 Å². The summed E-state index contributed by atoms with van der Waals surface area (Å²) < 4.78 is 54.3. The van der Waals surface area contributed by atoms with Crippen LogP contribution in [0.2, 0.25) is 0 Å². The number of rotatable bonds is 9. The predicted molar refractivity (Wildman–Crippen MR) is 133 cm³/mol. The number of para-hydroxylation sites is 1. The molecule has 0 radical (unpaired) electrons. The molecule has 6 nitrogen and oxygen atoms in total. The minimum absolute atomic E-state index is 0.237. The smallest absolute Gasteiger partial charge is 0.493 e. The molecule has 0 aromatic heterocycles. The van der Waals surface area contributed by atoms with Crippen LogP contribution in [0.4, 0.5) is 13.2 Å². The van der Waals surface area contributed by atoms with Crippen molar-refractivity contribution in [1.82, 2.24) is 4.90 Å². The molecule has 196 valence electrons. The van der Waals surface area contributed by atoms with Crippen LogP contribution in [0.5, 0.6) is 17.2 Å². The first-order valence-corrected chi connectivity index (χ1v) is 11.9. The van der Waals surface area contributed by atoms with E-state index in [9.17, 15) is 18.0 Å². The number of nitrogens with two attached hydrogens (primary N) is 1. The van der Waals surface area contributed by atoms with Gasteiger partial charge in [-0.2, -0.15) is 0 Å². The van der Waals surface area contributed by atoms with Crippen LogP contribution in [0.25, 0.3) is 0 Å². The summed E-state index contributed by atoms with van der Waals surface area (Å²) in [6, 6.07) is 18.1. The Morgan fingerprint density at radius 1 is 1.00 bits per heavy atom. The maximum absolute atomic E-state index is 13.0. The minimum Gasteiger partial charge on any atom is -0.493 e. The first kappa shape index (κ1) is 26.3. The molecule has 4 rings (SSSR count). The van der Waals surface area contributed by atoms with Gasteiger partial charge < -0.3 is 19.9 Å². The molecule has 1 aliphatic heterocycles. The van der Waals surface area contributed by atoms with Gasteiger partial charge in [0, 0.05) is 12.6 Å². The number of aryl methyl sites for hydroxylation is 1. The predicted octanol–water partition coefficient (Wildman–Crippen LogP) is 5.36. The number of ether oxygens (including phenoxy) is 3. The standard InChI is InChI=1S/C28H29F3N2O4/c1-35-24-16-20-14-15-33(26(27(32)34)19-9-4-3-5-10-19)22(21(20)17-25(24)36-2)13-12-18-8-6-7-11-23(18)37-28(29,30)31/h3-11,16-17,22,26H,12-15H2,1-2H3,(H2,32,34). The zero-order chi connectivity index (χ0) is 26.6. The van der Waals surface area contributed by atoms with E-state index in [0.717, 1.165) is 16.7 Å². The Kier molecular flexibility index (Phi) is 7.92. The number of carbonyl (C=O) groups is 1. The van der Waals surface area contributed by atoms with Crippen molar-refractivity contribution in [2.24, 2.45) is 5.73 Å². The number of hydrogen-bond donors (Lipinski definition) is 1. The van der Waals surface area contributed by atoms with Gasteiger partial charge >= 0.3 is 6.36 Å². The van der Waals surface area contributed by atoms with E-state index in [1.54, 1.807) is 26.4 Å². The van der Waals surface area contributed by atoms with Gasteiger partial charge in [0.1, 0.15) is 11.8 Å². The second kappa shape index (κ2) is 11.1. The molecule has 0 saturated carbocycles. The van der Waals surface area contributed by atoms with Gasteiger partial charge in [0.25, 0.3) is 0 Å². The van der Waals surface area contributed by atoms with Crippen molar-refractivity contribution in [1.29, 1.82) is 0 Å². The van der Waals surface area contributed by atoms with Crippen LogP contribution < -0.4 is 19.9 Å².